The molecule has 2 rings (SSSR count). The second kappa shape index (κ2) is 7.15. The maximum Gasteiger partial charge on any atom is 0.225 e. The van der Waals surface area contributed by atoms with Gasteiger partial charge in [-0.25, -0.2) is 8.42 Å². The number of carbonyl (C=O) groups excluding carboxylic acids is 1. The van der Waals surface area contributed by atoms with Crippen LogP contribution in [-0.4, -0.2) is 20.1 Å². The van der Waals surface area contributed by atoms with Crippen LogP contribution < -0.4 is 5.32 Å². The van der Waals surface area contributed by atoms with Crippen molar-refractivity contribution in [3.05, 3.63) is 58.6 Å². The van der Waals surface area contributed by atoms with Gasteiger partial charge in [-0.1, -0.05) is 35.4 Å². The Balaban J connectivity index is 2.01. The molecular weight excluding hydrogens is 334 g/mol. The minimum Gasteiger partial charge on any atom is -0.326 e. The van der Waals surface area contributed by atoms with Crippen molar-refractivity contribution in [2.24, 2.45) is 0 Å². The van der Waals surface area contributed by atoms with Crippen molar-refractivity contribution < 1.29 is 13.2 Å². The van der Waals surface area contributed by atoms with Gasteiger partial charge in [0.15, 0.2) is 9.84 Å². The summed E-state index contributed by atoms with van der Waals surface area (Å²) in [7, 11) is -3.47. The zero-order chi connectivity index (χ0) is 17.0. The van der Waals surface area contributed by atoms with Crippen molar-refractivity contribution in [3.63, 3.8) is 0 Å². The molecule has 0 saturated carbocycles. The molecule has 0 bridgehead atoms. The summed E-state index contributed by atoms with van der Waals surface area (Å²) in [6.07, 6.45) is -0.109. The molecule has 0 heterocycles. The molecule has 0 saturated heterocycles. The van der Waals surface area contributed by atoms with E-state index < -0.39 is 9.84 Å². The van der Waals surface area contributed by atoms with Gasteiger partial charge >= 0.3 is 0 Å². The highest BCUT2D eigenvalue weighted by molar-refractivity contribution is 7.91. The van der Waals surface area contributed by atoms with Gasteiger partial charge in [0.2, 0.25) is 5.91 Å². The van der Waals surface area contributed by atoms with E-state index in [0.29, 0.717) is 10.7 Å². The summed E-state index contributed by atoms with van der Waals surface area (Å²) in [5.74, 6) is -0.590. The normalized spacial score (nSPS) is 11.3. The van der Waals surface area contributed by atoms with Crippen molar-refractivity contribution in [3.8, 4) is 0 Å². The van der Waals surface area contributed by atoms with Gasteiger partial charge in [-0.15, -0.1) is 0 Å². The lowest BCUT2D eigenvalue weighted by Gasteiger charge is -2.10. The molecule has 0 radical (unpaired) electrons. The smallest absolute Gasteiger partial charge is 0.225 e. The van der Waals surface area contributed by atoms with Crippen LogP contribution in [0.2, 0.25) is 5.02 Å². The van der Waals surface area contributed by atoms with E-state index in [9.17, 15) is 13.2 Å². The second-order valence-corrected chi connectivity index (χ2v) is 7.86. The van der Waals surface area contributed by atoms with E-state index in [1.165, 1.54) is 0 Å². The SMILES string of the molecule is Cc1ccc(S(=O)(=O)CCC(=O)Nc2cccc(Cl)c2C)cc1. The molecule has 1 amide bonds. The highest BCUT2D eigenvalue weighted by Crippen LogP contribution is 2.23. The number of carbonyl (C=O) groups is 1. The first-order valence-electron chi connectivity index (χ1n) is 7.14. The van der Waals surface area contributed by atoms with Crippen LogP contribution in [-0.2, 0) is 14.6 Å². The lowest BCUT2D eigenvalue weighted by atomic mass is 10.2. The van der Waals surface area contributed by atoms with E-state index in [1.54, 1.807) is 49.4 Å². The fraction of sp³-hybridized carbons (Fsp3) is 0.235. The van der Waals surface area contributed by atoms with Gasteiger partial charge in [-0.3, -0.25) is 4.79 Å². The molecule has 0 aliphatic heterocycles. The Morgan fingerprint density at radius 1 is 1.09 bits per heavy atom. The predicted octanol–water partition coefficient (Wildman–Crippen LogP) is 3.76. The largest absolute Gasteiger partial charge is 0.326 e. The summed E-state index contributed by atoms with van der Waals surface area (Å²) in [6, 6.07) is 11.8. The van der Waals surface area contributed by atoms with E-state index in [0.717, 1.165) is 11.1 Å². The van der Waals surface area contributed by atoms with Crippen LogP contribution >= 0.6 is 11.6 Å². The summed E-state index contributed by atoms with van der Waals surface area (Å²) < 4.78 is 24.4. The van der Waals surface area contributed by atoms with Crippen molar-refractivity contribution in [1.82, 2.24) is 0 Å². The Morgan fingerprint density at radius 3 is 2.39 bits per heavy atom. The Kier molecular flexibility index (Phi) is 5.44. The van der Waals surface area contributed by atoms with E-state index in [4.69, 9.17) is 11.6 Å². The Labute approximate surface area is 141 Å². The third-order valence-corrected chi connectivity index (χ3v) is 5.66. The molecule has 0 spiro atoms. The molecule has 0 aliphatic carbocycles. The highest BCUT2D eigenvalue weighted by Gasteiger charge is 2.16. The Bertz CT molecular complexity index is 814. The second-order valence-electron chi connectivity index (χ2n) is 5.34. The molecule has 2 aromatic carbocycles. The topological polar surface area (TPSA) is 63.2 Å². The monoisotopic (exact) mass is 351 g/mol. The predicted molar refractivity (Wildman–Crippen MR) is 92.7 cm³/mol. The number of nitrogens with one attached hydrogen (secondary N) is 1. The molecule has 4 nitrogen and oxygen atoms in total. The molecular formula is C17H18ClNO3S. The fourth-order valence-corrected chi connectivity index (χ4v) is 3.46. The molecule has 122 valence electrons. The van der Waals surface area contributed by atoms with Crippen LogP contribution in [0.1, 0.15) is 17.5 Å². The summed E-state index contributed by atoms with van der Waals surface area (Å²) in [4.78, 5) is 12.2. The maximum absolute atomic E-state index is 12.2. The molecule has 2 aromatic rings. The van der Waals surface area contributed by atoms with Crippen LogP contribution in [0.15, 0.2) is 47.4 Å². The zero-order valence-electron chi connectivity index (χ0n) is 13.0. The van der Waals surface area contributed by atoms with E-state index in [-0.39, 0.29) is 23.0 Å². The molecule has 0 atom stereocenters. The Morgan fingerprint density at radius 2 is 1.74 bits per heavy atom. The number of halogens is 1. The summed E-state index contributed by atoms with van der Waals surface area (Å²) in [5.41, 5.74) is 2.33. The molecule has 0 aliphatic rings. The number of sulfone groups is 1. The van der Waals surface area contributed by atoms with Gasteiger partial charge in [0.05, 0.1) is 10.6 Å². The number of anilines is 1. The van der Waals surface area contributed by atoms with Crippen molar-refractivity contribution in [2.75, 3.05) is 11.1 Å². The minimum atomic E-state index is -3.47. The molecule has 1 N–H and O–H groups in total. The molecule has 0 unspecified atom stereocenters. The minimum absolute atomic E-state index is 0.109. The van der Waals surface area contributed by atoms with Crippen molar-refractivity contribution in [2.45, 2.75) is 25.2 Å². The fourth-order valence-electron chi connectivity index (χ4n) is 2.05. The van der Waals surface area contributed by atoms with E-state index in [1.807, 2.05) is 6.92 Å². The molecule has 0 fully saturated rings. The first-order chi connectivity index (χ1) is 10.8. The lowest BCUT2D eigenvalue weighted by Crippen LogP contribution is -2.18. The molecule has 23 heavy (non-hydrogen) atoms. The summed E-state index contributed by atoms with van der Waals surface area (Å²) in [5, 5.41) is 3.25. The number of aryl methyl sites for hydroxylation is 1. The van der Waals surface area contributed by atoms with Crippen LogP contribution in [0.3, 0.4) is 0 Å². The average molecular weight is 352 g/mol. The van der Waals surface area contributed by atoms with E-state index in [2.05, 4.69) is 5.32 Å². The van der Waals surface area contributed by atoms with E-state index >= 15 is 0 Å². The average Bonchev–Trinajstić information content (AvgIpc) is 2.50. The summed E-state index contributed by atoms with van der Waals surface area (Å²) in [6.45, 7) is 3.68. The number of rotatable bonds is 5. The third kappa shape index (κ3) is 4.56. The van der Waals surface area contributed by atoms with Crippen LogP contribution in [0.25, 0.3) is 0 Å². The van der Waals surface area contributed by atoms with Crippen molar-refractivity contribution >= 4 is 33.0 Å². The van der Waals surface area contributed by atoms with Gasteiger partial charge in [-0.05, 0) is 43.7 Å². The van der Waals surface area contributed by atoms with Gasteiger partial charge in [-0.2, -0.15) is 0 Å². The zero-order valence-corrected chi connectivity index (χ0v) is 14.5. The number of hydrogen-bond acceptors (Lipinski definition) is 3. The Hall–Kier alpha value is -1.85. The molecule has 0 aromatic heterocycles. The quantitative estimate of drug-likeness (QED) is 0.892. The third-order valence-electron chi connectivity index (χ3n) is 3.52. The van der Waals surface area contributed by atoms with Crippen LogP contribution in [0.5, 0.6) is 0 Å². The number of amides is 1. The number of hydrogen-bond donors (Lipinski definition) is 1. The number of benzene rings is 2. The highest BCUT2D eigenvalue weighted by atomic mass is 35.5. The first-order valence-corrected chi connectivity index (χ1v) is 9.17. The maximum atomic E-state index is 12.2. The molecule has 6 heteroatoms. The van der Waals surface area contributed by atoms with Crippen LogP contribution in [0.4, 0.5) is 5.69 Å². The van der Waals surface area contributed by atoms with Gasteiger partial charge in [0, 0.05) is 17.1 Å². The lowest BCUT2D eigenvalue weighted by molar-refractivity contribution is -0.115. The van der Waals surface area contributed by atoms with Gasteiger partial charge < -0.3 is 5.32 Å². The van der Waals surface area contributed by atoms with Crippen LogP contribution in [0, 0.1) is 13.8 Å². The standard InChI is InChI=1S/C17H18ClNO3S/c1-12-6-8-14(9-7-12)23(21,22)11-10-17(20)19-16-5-3-4-15(18)13(16)2/h3-9H,10-11H2,1-2H3,(H,19,20). The van der Waals surface area contributed by atoms with Gasteiger partial charge in [0.25, 0.3) is 0 Å². The van der Waals surface area contributed by atoms with Gasteiger partial charge in [0.1, 0.15) is 0 Å². The van der Waals surface area contributed by atoms with Crippen molar-refractivity contribution in [1.29, 1.82) is 0 Å². The summed E-state index contributed by atoms with van der Waals surface area (Å²) >= 11 is 5.99. The first kappa shape index (κ1) is 17.5.